The quantitative estimate of drug-likeness (QED) is 0.689. The summed E-state index contributed by atoms with van der Waals surface area (Å²) >= 11 is 0. The molecule has 1 aliphatic rings. The molecule has 19 heavy (non-hydrogen) atoms. The van der Waals surface area contributed by atoms with Crippen molar-refractivity contribution in [2.75, 3.05) is 19.8 Å². The zero-order chi connectivity index (χ0) is 14.5. The van der Waals surface area contributed by atoms with Gasteiger partial charge in [-0.25, -0.2) is 0 Å². The minimum absolute atomic E-state index is 0.171. The topological polar surface area (TPSA) is 41.6 Å². The minimum atomic E-state index is -0.391. The van der Waals surface area contributed by atoms with Gasteiger partial charge in [-0.1, -0.05) is 34.1 Å². The van der Waals surface area contributed by atoms with Crippen molar-refractivity contribution in [3.63, 3.8) is 0 Å². The fourth-order valence-electron chi connectivity index (χ4n) is 2.46. The Morgan fingerprint density at radius 2 is 2.11 bits per heavy atom. The molecule has 0 saturated carbocycles. The normalized spacial score (nSPS) is 27.6. The van der Waals surface area contributed by atoms with Gasteiger partial charge >= 0.3 is 0 Å². The summed E-state index contributed by atoms with van der Waals surface area (Å²) in [5.41, 5.74) is -0.391. The van der Waals surface area contributed by atoms with Crippen LogP contribution in [0.25, 0.3) is 0 Å². The molecule has 1 fully saturated rings. The van der Waals surface area contributed by atoms with Gasteiger partial charge in [-0.15, -0.1) is 0 Å². The van der Waals surface area contributed by atoms with Crippen LogP contribution in [-0.2, 0) is 9.53 Å². The van der Waals surface area contributed by atoms with Gasteiger partial charge in [0.25, 0.3) is 0 Å². The van der Waals surface area contributed by atoms with Crippen molar-refractivity contribution in [3.8, 4) is 0 Å². The molecule has 2 unspecified atom stereocenters. The fourth-order valence-corrected chi connectivity index (χ4v) is 2.46. The van der Waals surface area contributed by atoms with E-state index in [1.807, 2.05) is 11.8 Å². The third-order valence-corrected chi connectivity index (χ3v) is 3.79. The van der Waals surface area contributed by atoms with Gasteiger partial charge in [0.05, 0.1) is 18.3 Å². The van der Waals surface area contributed by atoms with Gasteiger partial charge in [-0.2, -0.15) is 0 Å². The van der Waals surface area contributed by atoms with Crippen molar-refractivity contribution in [1.29, 1.82) is 0 Å². The van der Waals surface area contributed by atoms with Crippen LogP contribution in [0.3, 0.4) is 0 Å². The molecule has 4 heteroatoms. The first-order valence-corrected chi connectivity index (χ1v) is 7.61. The minimum Gasteiger partial charge on any atom is -0.379 e. The first-order chi connectivity index (χ1) is 8.94. The summed E-state index contributed by atoms with van der Waals surface area (Å²) in [4.78, 5) is 14.4. The van der Waals surface area contributed by atoms with E-state index in [9.17, 15) is 4.79 Å². The number of carbonyl (C=O) groups is 1. The maximum absolute atomic E-state index is 12.5. The summed E-state index contributed by atoms with van der Waals surface area (Å²) in [6.07, 6.45) is 3.08. The molecule has 0 aromatic rings. The SMILES string of the molecule is CCCC1NC(C)(CC)C(=O)N1CCOCC(C)C. The largest absolute Gasteiger partial charge is 0.379 e. The molecule has 0 spiro atoms. The lowest BCUT2D eigenvalue weighted by Crippen LogP contribution is -2.43. The molecule has 1 aliphatic heterocycles. The predicted octanol–water partition coefficient (Wildman–Crippen LogP) is 2.39. The van der Waals surface area contributed by atoms with Crippen LogP contribution in [0.5, 0.6) is 0 Å². The average Bonchev–Trinajstić information content (AvgIpc) is 2.59. The summed E-state index contributed by atoms with van der Waals surface area (Å²) in [5, 5.41) is 3.49. The molecule has 1 saturated heterocycles. The molecule has 0 radical (unpaired) electrons. The second-order valence-corrected chi connectivity index (χ2v) is 6.10. The van der Waals surface area contributed by atoms with Crippen molar-refractivity contribution < 1.29 is 9.53 Å². The second-order valence-electron chi connectivity index (χ2n) is 6.10. The van der Waals surface area contributed by atoms with Gasteiger partial charge in [-0.3, -0.25) is 10.1 Å². The van der Waals surface area contributed by atoms with E-state index in [0.29, 0.717) is 19.1 Å². The average molecular weight is 270 g/mol. The van der Waals surface area contributed by atoms with Crippen molar-refractivity contribution >= 4 is 5.91 Å². The summed E-state index contributed by atoms with van der Waals surface area (Å²) < 4.78 is 5.61. The molecule has 0 aliphatic carbocycles. The number of ether oxygens (including phenoxy) is 1. The number of nitrogens with one attached hydrogen (secondary N) is 1. The Kier molecular flexibility index (Phi) is 6.27. The van der Waals surface area contributed by atoms with Gasteiger partial charge < -0.3 is 9.64 Å². The first kappa shape index (κ1) is 16.4. The van der Waals surface area contributed by atoms with Crippen LogP contribution in [0.1, 0.15) is 53.9 Å². The summed E-state index contributed by atoms with van der Waals surface area (Å²) in [5.74, 6) is 0.765. The maximum Gasteiger partial charge on any atom is 0.243 e. The van der Waals surface area contributed by atoms with Crippen LogP contribution in [0.4, 0.5) is 0 Å². The van der Waals surface area contributed by atoms with E-state index in [0.717, 1.165) is 25.9 Å². The van der Waals surface area contributed by atoms with Gasteiger partial charge in [0.2, 0.25) is 5.91 Å². The smallest absolute Gasteiger partial charge is 0.243 e. The van der Waals surface area contributed by atoms with Gasteiger partial charge in [0.15, 0.2) is 0 Å². The van der Waals surface area contributed by atoms with Crippen molar-refractivity contribution in [2.24, 2.45) is 5.92 Å². The standard InChI is InChI=1S/C15H30N2O2/c1-6-8-13-16-15(5,7-2)14(18)17(13)9-10-19-11-12(3)4/h12-13,16H,6-11H2,1-5H3. The molecular formula is C15H30N2O2. The van der Waals surface area contributed by atoms with Gasteiger partial charge in [0.1, 0.15) is 0 Å². The Hall–Kier alpha value is -0.610. The lowest BCUT2D eigenvalue weighted by Gasteiger charge is -2.24. The molecule has 1 heterocycles. The highest BCUT2D eigenvalue weighted by molar-refractivity contribution is 5.88. The molecule has 2 atom stereocenters. The Bertz CT molecular complexity index is 294. The van der Waals surface area contributed by atoms with E-state index in [2.05, 4.69) is 33.0 Å². The fraction of sp³-hybridized carbons (Fsp3) is 0.933. The predicted molar refractivity (Wildman–Crippen MR) is 77.9 cm³/mol. The van der Waals surface area contributed by atoms with Crippen LogP contribution < -0.4 is 5.32 Å². The molecule has 0 aromatic heterocycles. The lowest BCUT2D eigenvalue weighted by molar-refractivity contribution is -0.133. The zero-order valence-corrected chi connectivity index (χ0v) is 13.2. The van der Waals surface area contributed by atoms with Gasteiger partial charge in [-0.05, 0) is 25.7 Å². The molecule has 4 nitrogen and oxygen atoms in total. The van der Waals surface area contributed by atoms with Crippen LogP contribution >= 0.6 is 0 Å². The highest BCUT2D eigenvalue weighted by Gasteiger charge is 2.45. The molecule has 1 rings (SSSR count). The van der Waals surface area contributed by atoms with E-state index in [4.69, 9.17) is 4.74 Å². The third-order valence-electron chi connectivity index (χ3n) is 3.79. The lowest BCUT2D eigenvalue weighted by atomic mass is 9.99. The van der Waals surface area contributed by atoms with Crippen LogP contribution in [0.15, 0.2) is 0 Å². The monoisotopic (exact) mass is 270 g/mol. The zero-order valence-electron chi connectivity index (χ0n) is 13.2. The molecule has 1 amide bonds. The first-order valence-electron chi connectivity index (χ1n) is 7.61. The van der Waals surface area contributed by atoms with E-state index in [1.165, 1.54) is 0 Å². The van der Waals surface area contributed by atoms with Crippen LogP contribution in [0, 0.1) is 5.92 Å². The van der Waals surface area contributed by atoms with Crippen LogP contribution in [0.2, 0.25) is 0 Å². The Morgan fingerprint density at radius 3 is 2.63 bits per heavy atom. The molecule has 1 N–H and O–H groups in total. The maximum atomic E-state index is 12.5. The van der Waals surface area contributed by atoms with E-state index in [-0.39, 0.29) is 12.1 Å². The molecule has 112 valence electrons. The number of nitrogens with zero attached hydrogens (tertiary/aromatic N) is 1. The van der Waals surface area contributed by atoms with Gasteiger partial charge in [0, 0.05) is 13.2 Å². The molecular weight excluding hydrogens is 240 g/mol. The van der Waals surface area contributed by atoms with E-state index >= 15 is 0 Å². The van der Waals surface area contributed by atoms with Crippen molar-refractivity contribution in [3.05, 3.63) is 0 Å². The number of carbonyl (C=O) groups excluding carboxylic acids is 1. The van der Waals surface area contributed by atoms with E-state index < -0.39 is 5.54 Å². The third kappa shape index (κ3) is 4.18. The molecule has 0 bridgehead atoms. The van der Waals surface area contributed by atoms with Crippen LogP contribution in [-0.4, -0.2) is 42.3 Å². The number of hydrogen-bond acceptors (Lipinski definition) is 3. The Labute approximate surface area is 117 Å². The van der Waals surface area contributed by atoms with E-state index in [1.54, 1.807) is 0 Å². The highest BCUT2D eigenvalue weighted by Crippen LogP contribution is 2.25. The van der Waals surface area contributed by atoms with Crippen molar-refractivity contribution in [1.82, 2.24) is 10.2 Å². The Balaban J connectivity index is 2.54. The Morgan fingerprint density at radius 1 is 1.42 bits per heavy atom. The number of hydrogen-bond donors (Lipinski definition) is 1. The number of amides is 1. The summed E-state index contributed by atoms with van der Waals surface area (Å²) in [6.45, 7) is 12.6. The number of rotatable bonds is 8. The summed E-state index contributed by atoms with van der Waals surface area (Å²) in [6, 6.07) is 0. The second kappa shape index (κ2) is 7.25. The van der Waals surface area contributed by atoms with Crippen molar-refractivity contribution in [2.45, 2.75) is 65.6 Å². The summed E-state index contributed by atoms with van der Waals surface area (Å²) in [7, 11) is 0. The highest BCUT2D eigenvalue weighted by atomic mass is 16.5. The molecule has 0 aromatic carbocycles.